The van der Waals surface area contributed by atoms with Crippen molar-refractivity contribution < 1.29 is 14.2 Å². The van der Waals surface area contributed by atoms with Crippen molar-refractivity contribution >= 4 is 15.9 Å². The van der Waals surface area contributed by atoms with Gasteiger partial charge in [-0.25, -0.2) is 0 Å². The maximum absolute atomic E-state index is 5.67. The summed E-state index contributed by atoms with van der Waals surface area (Å²) in [6, 6.07) is 15.4. The maximum atomic E-state index is 5.67. The van der Waals surface area contributed by atoms with E-state index in [1.807, 2.05) is 48.5 Å². The SMILES string of the molecule is COc1cccc(OCCCOc2ccccc2Br)c1. The molecule has 20 heavy (non-hydrogen) atoms. The molecule has 2 aromatic rings. The van der Waals surface area contributed by atoms with Crippen molar-refractivity contribution in [2.75, 3.05) is 20.3 Å². The van der Waals surface area contributed by atoms with Crippen LogP contribution in [0.25, 0.3) is 0 Å². The molecule has 0 heterocycles. The molecule has 0 aliphatic carbocycles. The van der Waals surface area contributed by atoms with Gasteiger partial charge in [-0.3, -0.25) is 0 Å². The van der Waals surface area contributed by atoms with Gasteiger partial charge in [0.1, 0.15) is 17.2 Å². The van der Waals surface area contributed by atoms with Crippen LogP contribution < -0.4 is 14.2 Å². The van der Waals surface area contributed by atoms with Crippen molar-refractivity contribution in [2.45, 2.75) is 6.42 Å². The Labute approximate surface area is 127 Å². The minimum Gasteiger partial charge on any atom is -0.497 e. The molecule has 4 heteroatoms. The van der Waals surface area contributed by atoms with Crippen molar-refractivity contribution in [1.29, 1.82) is 0 Å². The maximum Gasteiger partial charge on any atom is 0.133 e. The fraction of sp³-hybridized carbons (Fsp3) is 0.250. The van der Waals surface area contributed by atoms with Crippen LogP contribution in [-0.2, 0) is 0 Å². The molecule has 2 aromatic carbocycles. The Morgan fingerprint density at radius 1 is 0.900 bits per heavy atom. The molecule has 0 bridgehead atoms. The zero-order valence-electron chi connectivity index (χ0n) is 11.3. The van der Waals surface area contributed by atoms with Gasteiger partial charge in [-0.1, -0.05) is 18.2 Å². The second-order valence-corrected chi connectivity index (χ2v) is 5.01. The Morgan fingerprint density at radius 2 is 1.65 bits per heavy atom. The highest BCUT2D eigenvalue weighted by molar-refractivity contribution is 9.10. The molecule has 0 aliphatic rings. The van der Waals surface area contributed by atoms with Crippen molar-refractivity contribution in [1.82, 2.24) is 0 Å². The molecule has 0 spiro atoms. The number of para-hydroxylation sites is 1. The van der Waals surface area contributed by atoms with E-state index in [0.717, 1.165) is 28.1 Å². The van der Waals surface area contributed by atoms with Gasteiger partial charge >= 0.3 is 0 Å². The van der Waals surface area contributed by atoms with Crippen LogP contribution in [0.3, 0.4) is 0 Å². The quantitative estimate of drug-likeness (QED) is 0.705. The molecule has 106 valence electrons. The van der Waals surface area contributed by atoms with Gasteiger partial charge in [0.2, 0.25) is 0 Å². The average Bonchev–Trinajstić information content (AvgIpc) is 2.49. The fourth-order valence-corrected chi connectivity index (χ4v) is 2.08. The lowest BCUT2D eigenvalue weighted by atomic mass is 10.3. The van der Waals surface area contributed by atoms with Gasteiger partial charge in [0, 0.05) is 12.5 Å². The normalized spacial score (nSPS) is 10.1. The van der Waals surface area contributed by atoms with Gasteiger partial charge < -0.3 is 14.2 Å². The summed E-state index contributed by atoms with van der Waals surface area (Å²) in [7, 11) is 1.64. The van der Waals surface area contributed by atoms with Gasteiger partial charge in [-0.2, -0.15) is 0 Å². The molecule has 3 nitrogen and oxygen atoms in total. The van der Waals surface area contributed by atoms with Crippen molar-refractivity contribution in [3.8, 4) is 17.2 Å². The first-order valence-corrected chi connectivity index (χ1v) is 7.23. The van der Waals surface area contributed by atoms with E-state index in [9.17, 15) is 0 Å². The molecule has 0 aliphatic heterocycles. The molecule has 0 saturated carbocycles. The molecule has 0 fully saturated rings. The number of ether oxygens (including phenoxy) is 3. The second-order valence-electron chi connectivity index (χ2n) is 4.16. The van der Waals surface area contributed by atoms with Gasteiger partial charge in [0.25, 0.3) is 0 Å². The summed E-state index contributed by atoms with van der Waals surface area (Å²) in [6.45, 7) is 1.23. The van der Waals surface area contributed by atoms with E-state index < -0.39 is 0 Å². The third kappa shape index (κ3) is 4.46. The van der Waals surface area contributed by atoms with Crippen LogP contribution in [0, 0.1) is 0 Å². The highest BCUT2D eigenvalue weighted by Gasteiger charge is 2.00. The standard InChI is InChI=1S/C16H17BrO3/c1-18-13-6-4-7-14(12-13)19-10-5-11-20-16-9-3-2-8-15(16)17/h2-4,6-9,12H,5,10-11H2,1H3. The molecule has 0 unspecified atom stereocenters. The molecule has 0 N–H and O–H groups in total. The summed E-state index contributed by atoms with van der Waals surface area (Å²) in [5.41, 5.74) is 0. The average molecular weight is 337 g/mol. The van der Waals surface area contributed by atoms with Crippen LogP contribution in [0.15, 0.2) is 53.0 Å². The Balaban J connectivity index is 1.70. The van der Waals surface area contributed by atoms with Crippen molar-refractivity contribution in [3.05, 3.63) is 53.0 Å². The van der Waals surface area contributed by atoms with E-state index in [2.05, 4.69) is 15.9 Å². The zero-order valence-corrected chi connectivity index (χ0v) is 12.9. The van der Waals surface area contributed by atoms with E-state index in [0.29, 0.717) is 13.2 Å². The van der Waals surface area contributed by atoms with Crippen LogP contribution in [0.1, 0.15) is 6.42 Å². The van der Waals surface area contributed by atoms with Crippen LogP contribution in [-0.4, -0.2) is 20.3 Å². The van der Waals surface area contributed by atoms with Crippen LogP contribution in [0.5, 0.6) is 17.2 Å². The zero-order chi connectivity index (χ0) is 14.2. The molecule has 0 radical (unpaired) electrons. The number of rotatable bonds is 7. The molecule has 0 atom stereocenters. The minimum atomic E-state index is 0.609. The first-order chi connectivity index (χ1) is 9.79. The molecular weight excluding hydrogens is 320 g/mol. The lowest BCUT2D eigenvalue weighted by Gasteiger charge is -2.09. The van der Waals surface area contributed by atoms with E-state index in [4.69, 9.17) is 14.2 Å². The molecule has 0 saturated heterocycles. The molecular formula is C16H17BrO3. The monoisotopic (exact) mass is 336 g/mol. The number of hydrogen-bond donors (Lipinski definition) is 0. The Kier molecular flexibility index (Phi) is 5.74. The first kappa shape index (κ1) is 14.7. The Morgan fingerprint density at radius 3 is 2.45 bits per heavy atom. The molecule has 0 amide bonds. The number of hydrogen-bond acceptors (Lipinski definition) is 3. The molecule has 2 rings (SSSR count). The van der Waals surface area contributed by atoms with E-state index in [-0.39, 0.29) is 0 Å². The predicted molar refractivity (Wildman–Crippen MR) is 82.7 cm³/mol. The Bertz CT molecular complexity index is 543. The molecule has 0 aromatic heterocycles. The summed E-state index contributed by atoms with van der Waals surface area (Å²) in [6.07, 6.45) is 0.818. The third-order valence-corrected chi connectivity index (χ3v) is 3.35. The first-order valence-electron chi connectivity index (χ1n) is 6.44. The number of benzene rings is 2. The van der Waals surface area contributed by atoms with Gasteiger partial charge in [0.15, 0.2) is 0 Å². The van der Waals surface area contributed by atoms with Crippen molar-refractivity contribution in [3.63, 3.8) is 0 Å². The van der Waals surface area contributed by atoms with E-state index in [1.54, 1.807) is 7.11 Å². The van der Waals surface area contributed by atoms with E-state index in [1.165, 1.54) is 0 Å². The highest BCUT2D eigenvalue weighted by Crippen LogP contribution is 2.24. The highest BCUT2D eigenvalue weighted by atomic mass is 79.9. The van der Waals surface area contributed by atoms with Crippen LogP contribution in [0.4, 0.5) is 0 Å². The Hall–Kier alpha value is -1.68. The van der Waals surface area contributed by atoms with Gasteiger partial charge in [-0.05, 0) is 40.2 Å². The van der Waals surface area contributed by atoms with Gasteiger partial charge in [0.05, 0.1) is 24.8 Å². The summed E-state index contributed by atoms with van der Waals surface area (Å²) in [5.74, 6) is 2.46. The third-order valence-electron chi connectivity index (χ3n) is 2.69. The second kappa shape index (κ2) is 7.80. The topological polar surface area (TPSA) is 27.7 Å². The van der Waals surface area contributed by atoms with E-state index >= 15 is 0 Å². The largest absolute Gasteiger partial charge is 0.497 e. The van der Waals surface area contributed by atoms with Crippen LogP contribution >= 0.6 is 15.9 Å². The van der Waals surface area contributed by atoms with Crippen LogP contribution in [0.2, 0.25) is 0 Å². The minimum absolute atomic E-state index is 0.609. The summed E-state index contributed by atoms with van der Waals surface area (Å²) >= 11 is 3.45. The fourth-order valence-electron chi connectivity index (χ4n) is 1.68. The summed E-state index contributed by atoms with van der Waals surface area (Å²) in [5, 5.41) is 0. The van der Waals surface area contributed by atoms with Crippen molar-refractivity contribution in [2.24, 2.45) is 0 Å². The lowest BCUT2D eigenvalue weighted by molar-refractivity contribution is 0.246. The number of halogens is 1. The van der Waals surface area contributed by atoms with Gasteiger partial charge in [-0.15, -0.1) is 0 Å². The smallest absolute Gasteiger partial charge is 0.133 e. The number of methoxy groups -OCH3 is 1. The summed E-state index contributed by atoms with van der Waals surface area (Å²) in [4.78, 5) is 0. The summed E-state index contributed by atoms with van der Waals surface area (Å²) < 4.78 is 17.4. The lowest BCUT2D eigenvalue weighted by Crippen LogP contribution is -2.05. The predicted octanol–water partition coefficient (Wildman–Crippen LogP) is 4.31.